The fraction of sp³-hybridized carbons (Fsp3) is 0.300. The van der Waals surface area contributed by atoms with Crippen molar-refractivity contribution in [3.8, 4) is 11.5 Å². The van der Waals surface area contributed by atoms with Gasteiger partial charge >= 0.3 is 0 Å². The molecule has 0 unspecified atom stereocenters. The first-order valence-electron chi connectivity index (χ1n) is 8.64. The number of amides is 2. The summed E-state index contributed by atoms with van der Waals surface area (Å²) in [6.07, 6.45) is 1.74. The molecule has 0 bridgehead atoms. The smallest absolute Gasteiger partial charge is 0.255 e. The molecule has 6 nitrogen and oxygen atoms in total. The number of carbonyl (C=O) groups is 2. The van der Waals surface area contributed by atoms with Gasteiger partial charge in [-0.15, -0.1) is 0 Å². The number of hydrogen-bond donors (Lipinski definition) is 1. The fourth-order valence-electron chi connectivity index (χ4n) is 2.90. The van der Waals surface area contributed by atoms with Crippen LogP contribution in [0.3, 0.4) is 0 Å². The van der Waals surface area contributed by atoms with Gasteiger partial charge in [-0.1, -0.05) is 18.2 Å². The zero-order chi connectivity index (χ0) is 18.4. The number of benzene rings is 2. The monoisotopic (exact) mass is 354 g/mol. The molecule has 0 aliphatic carbocycles. The molecule has 0 saturated carbocycles. The Balaban J connectivity index is 1.51. The molecule has 0 spiro atoms. The molecule has 1 saturated heterocycles. The summed E-state index contributed by atoms with van der Waals surface area (Å²) >= 11 is 0. The van der Waals surface area contributed by atoms with E-state index in [2.05, 4.69) is 0 Å². The van der Waals surface area contributed by atoms with Crippen molar-refractivity contribution in [2.75, 3.05) is 19.7 Å². The highest BCUT2D eigenvalue weighted by Gasteiger charge is 2.24. The molecule has 3 rings (SSSR count). The Hall–Kier alpha value is -3.02. The van der Waals surface area contributed by atoms with Gasteiger partial charge in [-0.2, -0.15) is 0 Å². The summed E-state index contributed by atoms with van der Waals surface area (Å²) in [5.41, 5.74) is 5.64. The highest BCUT2D eigenvalue weighted by Crippen LogP contribution is 2.20. The Kier molecular flexibility index (Phi) is 5.73. The van der Waals surface area contributed by atoms with E-state index in [1.54, 1.807) is 24.3 Å². The number of rotatable bonds is 6. The Labute approximate surface area is 152 Å². The van der Waals surface area contributed by atoms with Crippen LogP contribution in [0.5, 0.6) is 11.5 Å². The van der Waals surface area contributed by atoms with E-state index in [1.165, 1.54) is 0 Å². The van der Waals surface area contributed by atoms with E-state index in [-0.39, 0.29) is 18.6 Å². The molecule has 1 aliphatic heterocycles. The molecule has 0 aromatic heterocycles. The fourth-order valence-corrected chi connectivity index (χ4v) is 2.90. The van der Waals surface area contributed by atoms with E-state index >= 15 is 0 Å². The summed E-state index contributed by atoms with van der Waals surface area (Å²) in [7, 11) is 0. The van der Waals surface area contributed by atoms with Gasteiger partial charge in [0.1, 0.15) is 17.6 Å². The molecule has 6 heteroatoms. The van der Waals surface area contributed by atoms with Crippen molar-refractivity contribution in [1.82, 2.24) is 4.90 Å². The molecule has 1 heterocycles. The maximum absolute atomic E-state index is 12.6. The van der Waals surface area contributed by atoms with Crippen LogP contribution in [0.15, 0.2) is 54.6 Å². The number of nitrogens with two attached hydrogens (primary N) is 1. The molecular weight excluding hydrogens is 332 g/mol. The lowest BCUT2D eigenvalue weighted by atomic mass is 10.1. The van der Waals surface area contributed by atoms with Gasteiger partial charge in [0.05, 0.1) is 0 Å². The van der Waals surface area contributed by atoms with Crippen LogP contribution in [0.2, 0.25) is 0 Å². The first-order valence-corrected chi connectivity index (χ1v) is 8.64. The first-order chi connectivity index (χ1) is 12.6. The van der Waals surface area contributed by atoms with E-state index in [0.29, 0.717) is 24.4 Å². The molecule has 1 fully saturated rings. The lowest BCUT2D eigenvalue weighted by Crippen LogP contribution is -2.41. The van der Waals surface area contributed by atoms with Gasteiger partial charge in [-0.25, -0.2) is 0 Å². The number of likely N-dealkylation sites (tertiary alicyclic amines) is 1. The molecular formula is C20H22N2O4. The first kappa shape index (κ1) is 17.8. The predicted molar refractivity (Wildman–Crippen MR) is 97.1 cm³/mol. The van der Waals surface area contributed by atoms with Crippen LogP contribution in [0.1, 0.15) is 23.2 Å². The molecule has 2 aromatic rings. The Bertz CT molecular complexity index is 738. The van der Waals surface area contributed by atoms with Gasteiger partial charge in [0, 0.05) is 31.5 Å². The third-order valence-electron chi connectivity index (χ3n) is 4.26. The Morgan fingerprint density at radius 1 is 0.962 bits per heavy atom. The number of para-hydroxylation sites is 1. The van der Waals surface area contributed by atoms with Gasteiger partial charge < -0.3 is 20.1 Å². The minimum Gasteiger partial charge on any atom is -0.490 e. The highest BCUT2D eigenvalue weighted by atomic mass is 16.5. The Morgan fingerprint density at radius 2 is 1.62 bits per heavy atom. The van der Waals surface area contributed by atoms with Crippen LogP contribution in [-0.4, -0.2) is 42.5 Å². The van der Waals surface area contributed by atoms with Crippen LogP contribution >= 0.6 is 0 Å². The quantitative estimate of drug-likeness (QED) is 0.862. The molecule has 2 amide bonds. The molecule has 0 radical (unpaired) electrons. The second-order valence-electron chi connectivity index (χ2n) is 6.20. The predicted octanol–water partition coefficient (Wildman–Crippen LogP) is 2.23. The van der Waals surface area contributed by atoms with Crippen LogP contribution in [0, 0.1) is 0 Å². The maximum atomic E-state index is 12.6. The second-order valence-corrected chi connectivity index (χ2v) is 6.20. The number of ether oxygens (including phenoxy) is 2. The number of hydrogen-bond acceptors (Lipinski definition) is 4. The largest absolute Gasteiger partial charge is 0.490 e. The van der Waals surface area contributed by atoms with Crippen LogP contribution in [-0.2, 0) is 4.79 Å². The number of nitrogens with zero attached hydrogens (tertiary/aromatic N) is 1. The van der Waals surface area contributed by atoms with Crippen LogP contribution in [0.25, 0.3) is 0 Å². The van der Waals surface area contributed by atoms with Crippen molar-refractivity contribution in [3.63, 3.8) is 0 Å². The zero-order valence-corrected chi connectivity index (χ0v) is 14.5. The SMILES string of the molecule is NC(=O)COc1ccc(C(=O)N2CCC(Oc3ccccc3)CC2)cc1. The van der Waals surface area contributed by atoms with E-state index in [4.69, 9.17) is 15.2 Å². The van der Waals surface area contributed by atoms with Gasteiger partial charge in [0.15, 0.2) is 6.61 Å². The van der Waals surface area contributed by atoms with Crippen molar-refractivity contribution >= 4 is 11.8 Å². The third kappa shape index (κ3) is 4.75. The normalized spacial score (nSPS) is 14.7. The Morgan fingerprint density at radius 3 is 2.23 bits per heavy atom. The van der Waals surface area contributed by atoms with Crippen molar-refractivity contribution in [2.24, 2.45) is 5.73 Å². The summed E-state index contributed by atoms with van der Waals surface area (Å²) in [5, 5.41) is 0. The van der Waals surface area contributed by atoms with Crippen LogP contribution < -0.4 is 15.2 Å². The number of piperidine rings is 1. The van der Waals surface area contributed by atoms with Gasteiger partial charge in [-0.05, 0) is 36.4 Å². The molecule has 1 aliphatic rings. The minimum absolute atomic E-state index is 0.00962. The van der Waals surface area contributed by atoms with Crippen molar-refractivity contribution < 1.29 is 19.1 Å². The number of primary amides is 1. The van der Waals surface area contributed by atoms with E-state index in [0.717, 1.165) is 18.6 Å². The van der Waals surface area contributed by atoms with Gasteiger partial charge in [-0.3, -0.25) is 9.59 Å². The standard InChI is InChI=1S/C20H22N2O4/c21-19(23)14-25-16-8-6-15(7-9-16)20(24)22-12-10-18(11-13-22)26-17-4-2-1-3-5-17/h1-9,18H,10-14H2,(H2,21,23). The number of carbonyl (C=O) groups excluding carboxylic acids is 2. The maximum Gasteiger partial charge on any atom is 0.255 e. The summed E-state index contributed by atoms with van der Waals surface area (Å²) < 4.78 is 11.2. The summed E-state index contributed by atoms with van der Waals surface area (Å²) in [6, 6.07) is 16.5. The van der Waals surface area contributed by atoms with E-state index in [1.807, 2.05) is 35.2 Å². The topological polar surface area (TPSA) is 81.9 Å². The van der Waals surface area contributed by atoms with Crippen molar-refractivity contribution in [3.05, 3.63) is 60.2 Å². The molecule has 0 atom stereocenters. The molecule has 136 valence electrons. The summed E-state index contributed by atoms with van der Waals surface area (Å²) in [5.74, 6) is 0.828. The summed E-state index contributed by atoms with van der Waals surface area (Å²) in [4.78, 5) is 25.2. The van der Waals surface area contributed by atoms with Crippen LogP contribution in [0.4, 0.5) is 0 Å². The lowest BCUT2D eigenvalue weighted by molar-refractivity contribution is -0.119. The molecule has 26 heavy (non-hydrogen) atoms. The minimum atomic E-state index is -0.536. The van der Waals surface area contributed by atoms with Crippen molar-refractivity contribution in [2.45, 2.75) is 18.9 Å². The second kappa shape index (κ2) is 8.38. The van der Waals surface area contributed by atoms with Crippen molar-refractivity contribution in [1.29, 1.82) is 0 Å². The zero-order valence-electron chi connectivity index (χ0n) is 14.5. The van der Waals surface area contributed by atoms with E-state index < -0.39 is 5.91 Å². The third-order valence-corrected chi connectivity index (χ3v) is 4.26. The van der Waals surface area contributed by atoms with Gasteiger partial charge in [0.2, 0.25) is 0 Å². The molecule has 2 aromatic carbocycles. The summed E-state index contributed by atoms with van der Waals surface area (Å²) in [6.45, 7) is 1.15. The lowest BCUT2D eigenvalue weighted by Gasteiger charge is -2.32. The average Bonchev–Trinajstić information content (AvgIpc) is 2.68. The highest BCUT2D eigenvalue weighted by molar-refractivity contribution is 5.94. The molecule has 2 N–H and O–H groups in total. The van der Waals surface area contributed by atoms with Gasteiger partial charge in [0.25, 0.3) is 11.8 Å². The van der Waals surface area contributed by atoms with E-state index in [9.17, 15) is 9.59 Å². The average molecular weight is 354 g/mol.